The molecule has 0 aliphatic rings. The maximum atomic E-state index is 12.5. The van der Waals surface area contributed by atoms with E-state index >= 15 is 0 Å². The Kier molecular flexibility index (Phi) is 5.38. The molecule has 4 nitrogen and oxygen atoms in total. The number of fused-ring (bicyclic) bond motifs is 1. The van der Waals surface area contributed by atoms with Crippen LogP contribution in [0.4, 0.5) is 5.69 Å². The lowest BCUT2D eigenvalue weighted by atomic mass is 10.2. The van der Waals surface area contributed by atoms with Crippen molar-refractivity contribution in [2.45, 2.75) is 0 Å². The molecule has 27 heavy (non-hydrogen) atoms. The standard InChI is InChI=1S/C20H11ClI2N2O2/c21-16-6-4-13(23)9-15(16)19(26)24-14-5-7-18-17(10-14)25-20(27-18)11-2-1-3-12(22)8-11/h1-10H,(H,24,26). The van der Waals surface area contributed by atoms with Gasteiger partial charge in [-0.05, 0) is 99.8 Å². The molecule has 0 atom stereocenters. The monoisotopic (exact) mass is 600 g/mol. The highest BCUT2D eigenvalue weighted by Crippen LogP contribution is 2.27. The van der Waals surface area contributed by atoms with E-state index in [4.69, 9.17) is 16.0 Å². The van der Waals surface area contributed by atoms with Crippen molar-refractivity contribution in [1.29, 1.82) is 0 Å². The van der Waals surface area contributed by atoms with Gasteiger partial charge in [-0.15, -0.1) is 0 Å². The van der Waals surface area contributed by atoms with Crippen LogP contribution >= 0.6 is 56.8 Å². The highest BCUT2D eigenvalue weighted by atomic mass is 127. The Labute approximate surface area is 187 Å². The van der Waals surface area contributed by atoms with E-state index in [1.165, 1.54) is 0 Å². The van der Waals surface area contributed by atoms with Crippen LogP contribution in [0.2, 0.25) is 5.02 Å². The molecule has 0 unspecified atom stereocenters. The summed E-state index contributed by atoms with van der Waals surface area (Å²) in [6, 6.07) is 18.6. The number of hydrogen-bond donors (Lipinski definition) is 1. The summed E-state index contributed by atoms with van der Waals surface area (Å²) in [5.41, 5.74) is 3.31. The van der Waals surface area contributed by atoms with Crippen molar-refractivity contribution >= 4 is 79.5 Å². The Bertz CT molecular complexity index is 1170. The van der Waals surface area contributed by atoms with Gasteiger partial charge in [-0.25, -0.2) is 4.98 Å². The lowest BCUT2D eigenvalue weighted by Crippen LogP contribution is -2.12. The molecule has 1 N–H and O–H groups in total. The van der Waals surface area contributed by atoms with Gasteiger partial charge in [0.2, 0.25) is 5.89 Å². The van der Waals surface area contributed by atoms with E-state index in [1.807, 2.05) is 30.3 Å². The van der Waals surface area contributed by atoms with Crippen molar-refractivity contribution in [2.75, 3.05) is 5.32 Å². The summed E-state index contributed by atoms with van der Waals surface area (Å²) in [5, 5.41) is 3.28. The molecular weight excluding hydrogens is 589 g/mol. The topological polar surface area (TPSA) is 55.1 Å². The molecule has 7 heteroatoms. The summed E-state index contributed by atoms with van der Waals surface area (Å²) in [4.78, 5) is 17.1. The summed E-state index contributed by atoms with van der Waals surface area (Å²) in [7, 11) is 0. The van der Waals surface area contributed by atoms with Gasteiger partial charge in [-0.3, -0.25) is 4.79 Å². The van der Waals surface area contributed by atoms with Gasteiger partial charge in [0.25, 0.3) is 5.91 Å². The summed E-state index contributed by atoms with van der Waals surface area (Å²) in [5.74, 6) is 0.284. The van der Waals surface area contributed by atoms with E-state index in [1.54, 1.807) is 30.3 Å². The zero-order valence-electron chi connectivity index (χ0n) is 13.7. The second-order valence-corrected chi connectivity index (χ2v) is 8.69. The van der Waals surface area contributed by atoms with Crippen molar-refractivity contribution in [3.63, 3.8) is 0 Å². The Hall–Kier alpha value is -1.65. The van der Waals surface area contributed by atoms with Crippen LogP contribution in [-0.4, -0.2) is 10.9 Å². The number of anilines is 1. The molecule has 0 fully saturated rings. The first-order valence-electron chi connectivity index (χ1n) is 7.92. The second kappa shape index (κ2) is 7.76. The minimum atomic E-state index is -0.265. The molecule has 4 rings (SSSR count). The van der Waals surface area contributed by atoms with Crippen LogP contribution in [0.25, 0.3) is 22.6 Å². The van der Waals surface area contributed by atoms with Crippen molar-refractivity contribution in [3.8, 4) is 11.5 Å². The van der Waals surface area contributed by atoms with E-state index in [-0.39, 0.29) is 5.91 Å². The predicted molar refractivity (Wildman–Crippen MR) is 124 cm³/mol. The Balaban J connectivity index is 1.64. The van der Waals surface area contributed by atoms with Crippen molar-refractivity contribution in [3.05, 3.63) is 78.4 Å². The molecular formula is C20H11ClI2N2O2. The fourth-order valence-electron chi connectivity index (χ4n) is 2.62. The van der Waals surface area contributed by atoms with Crippen LogP contribution in [0.5, 0.6) is 0 Å². The molecule has 0 radical (unpaired) electrons. The van der Waals surface area contributed by atoms with Gasteiger partial charge in [0, 0.05) is 18.4 Å². The summed E-state index contributed by atoms with van der Waals surface area (Å²) < 4.78 is 7.89. The number of aromatic nitrogens is 1. The van der Waals surface area contributed by atoms with E-state index < -0.39 is 0 Å². The Morgan fingerprint density at radius 2 is 1.81 bits per heavy atom. The predicted octanol–water partition coefficient (Wildman–Crippen LogP) is 6.61. The fraction of sp³-hybridized carbons (Fsp3) is 0. The average molecular weight is 601 g/mol. The number of amides is 1. The van der Waals surface area contributed by atoms with Crippen molar-refractivity contribution < 1.29 is 9.21 Å². The van der Waals surface area contributed by atoms with Crippen LogP contribution in [0.3, 0.4) is 0 Å². The van der Waals surface area contributed by atoms with E-state index in [0.717, 1.165) is 12.7 Å². The third-order valence-electron chi connectivity index (χ3n) is 3.89. The van der Waals surface area contributed by atoms with Gasteiger partial charge in [-0.2, -0.15) is 0 Å². The number of rotatable bonds is 3. The van der Waals surface area contributed by atoms with Gasteiger partial charge in [-0.1, -0.05) is 17.7 Å². The smallest absolute Gasteiger partial charge is 0.257 e. The lowest BCUT2D eigenvalue weighted by Gasteiger charge is -2.07. The first-order chi connectivity index (χ1) is 13.0. The average Bonchev–Trinajstić information content (AvgIpc) is 3.07. The van der Waals surface area contributed by atoms with E-state index in [9.17, 15) is 4.79 Å². The number of nitrogens with zero attached hydrogens (tertiary/aromatic N) is 1. The minimum absolute atomic E-state index is 0.265. The zero-order chi connectivity index (χ0) is 19.0. The fourth-order valence-corrected chi connectivity index (χ4v) is 3.86. The van der Waals surface area contributed by atoms with E-state index in [2.05, 4.69) is 55.5 Å². The lowest BCUT2D eigenvalue weighted by molar-refractivity contribution is 0.102. The number of hydrogen-bond acceptors (Lipinski definition) is 3. The molecule has 0 bridgehead atoms. The second-order valence-electron chi connectivity index (χ2n) is 5.79. The van der Waals surface area contributed by atoms with Crippen LogP contribution in [0.1, 0.15) is 10.4 Å². The molecule has 1 amide bonds. The highest BCUT2D eigenvalue weighted by Gasteiger charge is 2.13. The number of nitrogens with one attached hydrogen (secondary N) is 1. The molecule has 1 aromatic heterocycles. The maximum absolute atomic E-state index is 12.5. The molecule has 0 aliphatic carbocycles. The SMILES string of the molecule is O=C(Nc1ccc2oc(-c3cccc(I)c3)nc2c1)c1cc(I)ccc1Cl. The van der Waals surface area contributed by atoms with Crippen LogP contribution in [-0.2, 0) is 0 Å². The minimum Gasteiger partial charge on any atom is -0.436 e. The van der Waals surface area contributed by atoms with Gasteiger partial charge >= 0.3 is 0 Å². The van der Waals surface area contributed by atoms with E-state index in [0.29, 0.717) is 33.3 Å². The largest absolute Gasteiger partial charge is 0.436 e. The zero-order valence-corrected chi connectivity index (χ0v) is 18.7. The molecule has 1 heterocycles. The number of oxazole rings is 1. The molecule has 0 saturated carbocycles. The third-order valence-corrected chi connectivity index (χ3v) is 5.56. The van der Waals surface area contributed by atoms with Crippen molar-refractivity contribution in [1.82, 2.24) is 4.98 Å². The first kappa shape index (κ1) is 18.7. The Morgan fingerprint density at radius 1 is 1.00 bits per heavy atom. The molecule has 0 aliphatic heterocycles. The number of carbonyl (C=O) groups excluding carboxylic acids is 1. The van der Waals surface area contributed by atoms with Gasteiger partial charge in [0.15, 0.2) is 5.58 Å². The van der Waals surface area contributed by atoms with Gasteiger partial charge in [0.05, 0.1) is 10.6 Å². The van der Waals surface area contributed by atoms with Gasteiger partial charge in [0.1, 0.15) is 5.52 Å². The number of carbonyl (C=O) groups is 1. The quantitative estimate of drug-likeness (QED) is 0.270. The molecule has 134 valence electrons. The Morgan fingerprint density at radius 3 is 2.63 bits per heavy atom. The summed E-state index contributed by atoms with van der Waals surface area (Å²) in [6.45, 7) is 0. The summed E-state index contributed by atoms with van der Waals surface area (Å²) in [6.07, 6.45) is 0. The molecule has 4 aromatic rings. The van der Waals surface area contributed by atoms with Crippen LogP contribution in [0.15, 0.2) is 65.1 Å². The van der Waals surface area contributed by atoms with Gasteiger partial charge < -0.3 is 9.73 Å². The molecule has 3 aromatic carbocycles. The van der Waals surface area contributed by atoms with Crippen molar-refractivity contribution in [2.24, 2.45) is 0 Å². The maximum Gasteiger partial charge on any atom is 0.257 e. The normalized spacial score (nSPS) is 10.9. The van der Waals surface area contributed by atoms with Crippen LogP contribution in [0, 0.1) is 7.14 Å². The molecule has 0 spiro atoms. The third kappa shape index (κ3) is 4.12. The first-order valence-corrected chi connectivity index (χ1v) is 10.5. The van der Waals surface area contributed by atoms with Crippen LogP contribution < -0.4 is 5.32 Å². The number of halogens is 3. The number of benzene rings is 3. The highest BCUT2D eigenvalue weighted by molar-refractivity contribution is 14.1. The molecule has 0 saturated heterocycles. The summed E-state index contributed by atoms with van der Waals surface area (Å²) >= 11 is 10.5.